The number of hydrogen-bond donors (Lipinski definition) is 0. The van der Waals surface area contributed by atoms with Crippen LogP contribution in [0.15, 0.2) is 12.3 Å². The summed E-state index contributed by atoms with van der Waals surface area (Å²) < 4.78 is 0. The molecule has 0 aliphatic carbocycles. The highest BCUT2D eigenvalue weighted by molar-refractivity contribution is 5.97. The van der Waals surface area contributed by atoms with E-state index in [-0.39, 0.29) is 5.91 Å². The summed E-state index contributed by atoms with van der Waals surface area (Å²) in [7, 11) is 1.82. The lowest BCUT2D eigenvalue weighted by Gasteiger charge is -2.05. The van der Waals surface area contributed by atoms with Gasteiger partial charge >= 0.3 is 0 Å². The largest absolute Gasteiger partial charge is 0.337 e. The first kappa shape index (κ1) is 10.1. The molecule has 1 aliphatic heterocycles. The average Bonchev–Trinajstić information content (AvgIpc) is 2.41. The highest BCUT2D eigenvalue weighted by Crippen LogP contribution is 2.21. The van der Waals surface area contributed by atoms with Gasteiger partial charge in [-0.2, -0.15) is 0 Å². The van der Waals surface area contributed by atoms with Crippen molar-refractivity contribution in [3.05, 3.63) is 29.1 Å². The second-order valence-corrected chi connectivity index (χ2v) is 4.59. The number of hydrogen-bond acceptors (Lipinski definition) is 2. The summed E-state index contributed by atoms with van der Waals surface area (Å²) in [5.41, 5.74) is 2.98. The van der Waals surface area contributed by atoms with E-state index in [4.69, 9.17) is 0 Å². The lowest BCUT2D eigenvalue weighted by Crippen LogP contribution is -2.17. The van der Waals surface area contributed by atoms with E-state index in [1.807, 2.05) is 7.05 Å². The molecule has 0 radical (unpaired) electrons. The van der Waals surface area contributed by atoms with Crippen LogP contribution in [0.2, 0.25) is 0 Å². The number of pyridine rings is 1. The molecule has 15 heavy (non-hydrogen) atoms. The smallest absolute Gasteiger partial charge is 0.255 e. The number of carbonyl (C=O) groups excluding carboxylic acids is 1. The van der Waals surface area contributed by atoms with Gasteiger partial charge in [0.2, 0.25) is 0 Å². The minimum Gasteiger partial charge on any atom is -0.337 e. The summed E-state index contributed by atoms with van der Waals surface area (Å²) in [5, 5.41) is 0. The summed E-state index contributed by atoms with van der Waals surface area (Å²) in [5.74, 6) is 0.694. The van der Waals surface area contributed by atoms with Crippen molar-refractivity contribution in [3.63, 3.8) is 0 Å². The van der Waals surface area contributed by atoms with Crippen LogP contribution in [0.4, 0.5) is 0 Å². The number of amides is 1. The van der Waals surface area contributed by atoms with Crippen molar-refractivity contribution in [3.8, 4) is 0 Å². The van der Waals surface area contributed by atoms with Crippen LogP contribution in [-0.2, 0) is 13.0 Å². The molecule has 2 heterocycles. The van der Waals surface area contributed by atoms with Crippen LogP contribution >= 0.6 is 0 Å². The first-order chi connectivity index (χ1) is 7.08. The van der Waals surface area contributed by atoms with E-state index in [0.717, 1.165) is 29.8 Å². The van der Waals surface area contributed by atoms with E-state index < -0.39 is 0 Å². The maximum absolute atomic E-state index is 11.6. The molecule has 1 aromatic rings. The van der Waals surface area contributed by atoms with Crippen LogP contribution in [0.25, 0.3) is 0 Å². The van der Waals surface area contributed by atoms with Crippen molar-refractivity contribution in [2.24, 2.45) is 5.92 Å². The van der Waals surface area contributed by atoms with E-state index in [1.165, 1.54) is 0 Å². The molecule has 0 saturated heterocycles. The van der Waals surface area contributed by atoms with Gasteiger partial charge in [0.15, 0.2) is 0 Å². The fraction of sp³-hybridized carbons (Fsp3) is 0.500. The van der Waals surface area contributed by atoms with Crippen LogP contribution in [0.3, 0.4) is 0 Å². The SMILES string of the molecule is CC(C)Cc1cc2c(cn1)C(=O)N(C)C2. The Hall–Kier alpha value is -1.38. The molecular formula is C12H16N2O. The van der Waals surface area contributed by atoms with Crippen molar-refractivity contribution in [2.75, 3.05) is 7.05 Å². The fourth-order valence-electron chi connectivity index (χ4n) is 1.93. The molecule has 0 spiro atoms. The zero-order chi connectivity index (χ0) is 11.0. The molecular weight excluding hydrogens is 188 g/mol. The molecule has 0 unspecified atom stereocenters. The highest BCUT2D eigenvalue weighted by Gasteiger charge is 2.24. The van der Waals surface area contributed by atoms with Crippen molar-refractivity contribution < 1.29 is 4.79 Å². The van der Waals surface area contributed by atoms with Crippen LogP contribution in [0, 0.1) is 5.92 Å². The van der Waals surface area contributed by atoms with E-state index in [1.54, 1.807) is 11.1 Å². The predicted octanol–water partition coefficient (Wildman–Crippen LogP) is 1.87. The first-order valence-electron chi connectivity index (χ1n) is 5.31. The van der Waals surface area contributed by atoms with Gasteiger partial charge in [-0.1, -0.05) is 13.8 Å². The topological polar surface area (TPSA) is 33.2 Å². The molecule has 0 N–H and O–H groups in total. The third-order valence-corrected chi connectivity index (χ3v) is 2.65. The zero-order valence-corrected chi connectivity index (χ0v) is 9.45. The second-order valence-electron chi connectivity index (χ2n) is 4.59. The highest BCUT2D eigenvalue weighted by atomic mass is 16.2. The number of nitrogens with zero attached hydrogens (tertiary/aromatic N) is 2. The lowest BCUT2D eigenvalue weighted by molar-refractivity contribution is 0.0816. The van der Waals surface area contributed by atoms with Gasteiger partial charge in [0.05, 0.1) is 5.56 Å². The van der Waals surface area contributed by atoms with Gasteiger partial charge in [0, 0.05) is 25.5 Å². The summed E-state index contributed by atoms with van der Waals surface area (Å²) in [6.45, 7) is 5.07. The predicted molar refractivity (Wildman–Crippen MR) is 58.6 cm³/mol. The van der Waals surface area contributed by atoms with Crippen LogP contribution < -0.4 is 0 Å². The van der Waals surface area contributed by atoms with E-state index >= 15 is 0 Å². The van der Waals surface area contributed by atoms with Crippen LogP contribution in [-0.4, -0.2) is 22.8 Å². The minimum atomic E-state index is 0.0913. The van der Waals surface area contributed by atoms with E-state index in [2.05, 4.69) is 24.9 Å². The van der Waals surface area contributed by atoms with Crippen molar-refractivity contribution in [1.29, 1.82) is 0 Å². The lowest BCUT2D eigenvalue weighted by atomic mass is 10.0. The Balaban J connectivity index is 2.29. The summed E-state index contributed by atoms with van der Waals surface area (Å²) in [6.07, 6.45) is 2.70. The molecule has 0 saturated carbocycles. The van der Waals surface area contributed by atoms with E-state index in [9.17, 15) is 4.79 Å². The Morgan fingerprint density at radius 1 is 1.53 bits per heavy atom. The standard InChI is InChI=1S/C12H16N2O/c1-8(2)4-10-5-9-7-14(3)12(15)11(9)6-13-10/h5-6,8H,4,7H2,1-3H3. The quantitative estimate of drug-likeness (QED) is 0.736. The minimum absolute atomic E-state index is 0.0913. The van der Waals surface area contributed by atoms with Crippen LogP contribution in [0.1, 0.15) is 35.5 Å². The van der Waals surface area contributed by atoms with Crippen molar-refractivity contribution in [2.45, 2.75) is 26.8 Å². The van der Waals surface area contributed by atoms with E-state index in [0.29, 0.717) is 5.92 Å². The third kappa shape index (κ3) is 1.87. The molecule has 80 valence electrons. The number of fused-ring (bicyclic) bond motifs is 1. The summed E-state index contributed by atoms with van der Waals surface area (Å²) in [6, 6.07) is 2.07. The van der Waals surface area contributed by atoms with Crippen molar-refractivity contribution >= 4 is 5.91 Å². The first-order valence-corrected chi connectivity index (χ1v) is 5.31. The molecule has 0 fully saturated rings. The molecule has 0 bridgehead atoms. The fourth-order valence-corrected chi connectivity index (χ4v) is 1.93. The van der Waals surface area contributed by atoms with Gasteiger partial charge in [-0.05, 0) is 24.0 Å². The van der Waals surface area contributed by atoms with Gasteiger partial charge < -0.3 is 4.90 Å². The molecule has 0 atom stereocenters. The maximum atomic E-state index is 11.6. The molecule has 1 aromatic heterocycles. The Morgan fingerprint density at radius 3 is 2.93 bits per heavy atom. The molecule has 1 amide bonds. The Morgan fingerprint density at radius 2 is 2.27 bits per heavy atom. The molecule has 3 heteroatoms. The number of carbonyl (C=O) groups is 1. The normalized spacial score (nSPS) is 14.9. The van der Waals surface area contributed by atoms with Crippen molar-refractivity contribution in [1.82, 2.24) is 9.88 Å². The molecule has 3 nitrogen and oxygen atoms in total. The van der Waals surface area contributed by atoms with Gasteiger partial charge in [0.25, 0.3) is 5.91 Å². The molecule has 0 aromatic carbocycles. The second kappa shape index (κ2) is 3.65. The average molecular weight is 204 g/mol. The summed E-state index contributed by atoms with van der Waals surface area (Å²) >= 11 is 0. The van der Waals surface area contributed by atoms with Gasteiger partial charge in [0.1, 0.15) is 0 Å². The van der Waals surface area contributed by atoms with Gasteiger partial charge in [-0.3, -0.25) is 9.78 Å². The monoisotopic (exact) mass is 204 g/mol. The van der Waals surface area contributed by atoms with Gasteiger partial charge in [-0.15, -0.1) is 0 Å². The number of aromatic nitrogens is 1. The van der Waals surface area contributed by atoms with Gasteiger partial charge in [-0.25, -0.2) is 0 Å². The third-order valence-electron chi connectivity index (χ3n) is 2.65. The zero-order valence-electron chi connectivity index (χ0n) is 9.45. The van der Waals surface area contributed by atoms with Crippen LogP contribution in [0.5, 0.6) is 0 Å². The Bertz CT molecular complexity index is 399. The maximum Gasteiger partial charge on any atom is 0.255 e. The number of rotatable bonds is 2. The summed E-state index contributed by atoms with van der Waals surface area (Å²) in [4.78, 5) is 17.7. The molecule has 2 rings (SSSR count). The Kier molecular flexibility index (Phi) is 2.47. The molecule has 1 aliphatic rings. The Labute approximate surface area is 90.1 Å².